The lowest BCUT2D eigenvalue weighted by Crippen LogP contribution is -1.91. The molecule has 0 aliphatic heterocycles. The Hall–Kier alpha value is -2.03. The summed E-state index contributed by atoms with van der Waals surface area (Å²) in [7, 11) is 0. The van der Waals surface area contributed by atoms with Crippen molar-refractivity contribution in [3.05, 3.63) is 35.5 Å². The van der Waals surface area contributed by atoms with Crippen LogP contribution in [0.25, 0.3) is 21.3 Å². The molecule has 23 heavy (non-hydrogen) atoms. The molecule has 2 aromatic heterocycles. The largest absolute Gasteiger partial charge is 0.494 e. The van der Waals surface area contributed by atoms with Gasteiger partial charge in [-0.25, -0.2) is 9.97 Å². The molecule has 116 valence electrons. The average Bonchev–Trinajstić information content (AvgIpc) is 2.90. The number of terminal acetylenes is 1. The summed E-state index contributed by atoms with van der Waals surface area (Å²) >= 11 is 3.27. The number of fused-ring (bicyclic) bond motifs is 1. The monoisotopic (exact) mass is 340 g/mol. The van der Waals surface area contributed by atoms with Crippen molar-refractivity contribution in [3.63, 3.8) is 0 Å². The standard InChI is InChI=1S/C18H16N2OS2/c1-4-10-22-17-16-15(12(3)23-18(16)20-11-19-17)13-6-8-14(9-7-13)21-5-2/h1,6-9,11H,5,10H2,2-3H3. The maximum Gasteiger partial charge on any atom is 0.128 e. The number of hydrogen-bond donors (Lipinski definition) is 0. The fraction of sp³-hybridized carbons (Fsp3) is 0.222. The van der Waals surface area contributed by atoms with E-state index >= 15 is 0 Å². The number of ether oxygens (including phenoxy) is 1. The van der Waals surface area contributed by atoms with Gasteiger partial charge < -0.3 is 4.74 Å². The van der Waals surface area contributed by atoms with Gasteiger partial charge in [0.05, 0.1) is 17.7 Å². The van der Waals surface area contributed by atoms with Crippen LogP contribution in [0.2, 0.25) is 0 Å². The first-order valence-corrected chi connectivity index (χ1v) is 9.08. The molecule has 0 unspecified atom stereocenters. The highest BCUT2D eigenvalue weighted by molar-refractivity contribution is 7.99. The lowest BCUT2D eigenvalue weighted by Gasteiger charge is -2.07. The maximum absolute atomic E-state index is 5.52. The van der Waals surface area contributed by atoms with E-state index in [4.69, 9.17) is 11.2 Å². The number of aromatic nitrogens is 2. The van der Waals surface area contributed by atoms with Crippen LogP contribution in [-0.4, -0.2) is 22.3 Å². The predicted molar refractivity (Wildman–Crippen MR) is 98.3 cm³/mol. The van der Waals surface area contributed by atoms with E-state index in [0.717, 1.165) is 26.6 Å². The van der Waals surface area contributed by atoms with E-state index in [2.05, 4.69) is 34.9 Å². The number of rotatable bonds is 5. The zero-order valence-electron chi connectivity index (χ0n) is 13.0. The van der Waals surface area contributed by atoms with Crippen molar-refractivity contribution in [2.45, 2.75) is 18.9 Å². The number of thiophene rings is 1. The fourth-order valence-corrected chi connectivity index (χ4v) is 4.23. The van der Waals surface area contributed by atoms with Gasteiger partial charge >= 0.3 is 0 Å². The minimum Gasteiger partial charge on any atom is -0.494 e. The van der Waals surface area contributed by atoms with Gasteiger partial charge in [-0.3, -0.25) is 0 Å². The number of nitrogens with zero attached hydrogens (tertiary/aromatic N) is 2. The molecule has 0 aliphatic rings. The summed E-state index contributed by atoms with van der Waals surface area (Å²) in [5, 5.41) is 2.04. The van der Waals surface area contributed by atoms with Crippen LogP contribution in [-0.2, 0) is 0 Å². The summed E-state index contributed by atoms with van der Waals surface area (Å²) in [6.45, 7) is 4.77. The summed E-state index contributed by atoms with van der Waals surface area (Å²) in [5.74, 6) is 4.14. The van der Waals surface area contributed by atoms with E-state index in [1.54, 1.807) is 29.4 Å². The first-order chi connectivity index (χ1) is 11.2. The van der Waals surface area contributed by atoms with Crippen LogP contribution in [0.3, 0.4) is 0 Å². The van der Waals surface area contributed by atoms with Gasteiger partial charge in [0.25, 0.3) is 0 Å². The van der Waals surface area contributed by atoms with Gasteiger partial charge in [0.2, 0.25) is 0 Å². The van der Waals surface area contributed by atoms with Crippen molar-refractivity contribution in [1.29, 1.82) is 0 Å². The third-order valence-corrected chi connectivity index (χ3v) is 5.28. The molecular formula is C18H16N2OS2. The average molecular weight is 340 g/mol. The molecule has 1 aromatic carbocycles. The van der Waals surface area contributed by atoms with Crippen LogP contribution < -0.4 is 4.74 Å². The molecule has 5 heteroatoms. The first-order valence-electron chi connectivity index (χ1n) is 7.28. The minimum absolute atomic E-state index is 0.601. The third kappa shape index (κ3) is 3.19. The van der Waals surface area contributed by atoms with E-state index in [1.165, 1.54) is 10.4 Å². The maximum atomic E-state index is 5.52. The Morgan fingerprint density at radius 1 is 1.26 bits per heavy atom. The molecule has 0 amide bonds. The molecule has 0 saturated carbocycles. The van der Waals surface area contributed by atoms with Crippen molar-refractivity contribution in [2.75, 3.05) is 12.4 Å². The second-order valence-electron chi connectivity index (χ2n) is 4.84. The number of benzene rings is 1. The summed E-state index contributed by atoms with van der Waals surface area (Å²) < 4.78 is 5.52. The molecule has 3 aromatic rings. The summed E-state index contributed by atoms with van der Waals surface area (Å²) in [5.41, 5.74) is 2.34. The Morgan fingerprint density at radius 3 is 2.74 bits per heavy atom. The van der Waals surface area contributed by atoms with Crippen LogP contribution in [0, 0.1) is 19.3 Å². The van der Waals surface area contributed by atoms with Crippen LogP contribution in [0.15, 0.2) is 35.6 Å². The van der Waals surface area contributed by atoms with Crippen molar-refractivity contribution in [2.24, 2.45) is 0 Å². The van der Waals surface area contributed by atoms with Crippen molar-refractivity contribution < 1.29 is 4.74 Å². The van der Waals surface area contributed by atoms with E-state index < -0.39 is 0 Å². The van der Waals surface area contributed by atoms with Gasteiger partial charge in [-0.2, -0.15) is 0 Å². The molecule has 0 spiro atoms. The normalized spacial score (nSPS) is 10.7. The van der Waals surface area contributed by atoms with Crippen LogP contribution in [0.4, 0.5) is 0 Å². The molecule has 0 saturated heterocycles. The Bertz CT molecular complexity index is 863. The minimum atomic E-state index is 0.601. The van der Waals surface area contributed by atoms with Crippen molar-refractivity contribution in [1.82, 2.24) is 9.97 Å². The molecule has 0 bridgehead atoms. The van der Waals surface area contributed by atoms with Crippen molar-refractivity contribution >= 4 is 33.3 Å². The molecule has 0 fully saturated rings. The third-order valence-electron chi connectivity index (χ3n) is 3.38. The van der Waals surface area contributed by atoms with Gasteiger partial charge in [-0.05, 0) is 31.5 Å². The topological polar surface area (TPSA) is 35.0 Å². The van der Waals surface area contributed by atoms with Crippen molar-refractivity contribution in [3.8, 4) is 29.2 Å². The van der Waals surface area contributed by atoms with Gasteiger partial charge in [0.1, 0.15) is 21.9 Å². The van der Waals surface area contributed by atoms with Crippen LogP contribution in [0.5, 0.6) is 5.75 Å². The quantitative estimate of drug-likeness (QED) is 0.380. The van der Waals surface area contributed by atoms with Crippen LogP contribution in [0.1, 0.15) is 11.8 Å². The predicted octanol–water partition coefficient (Wildman–Crippen LogP) is 4.79. The lowest BCUT2D eigenvalue weighted by atomic mass is 10.0. The van der Waals surface area contributed by atoms with Crippen LogP contribution >= 0.6 is 23.1 Å². The molecule has 0 atom stereocenters. The number of hydrogen-bond acceptors (Lipinski definition) is 5. The van der Waals surface area contributed by atoms with E-state index in [9.17, 15) is 0 Å². The SMILES string of the molecule is C#CCSc1ncnc2sc(C)c(-c3ccc(OCC)cc3)c12. The van der Waals surface area contributed by atoms with Gasteiger partial charge in [0.15, 0.2) is 0 Å². The molecule has 0 aliphatic carbocycles. The number of aryl methyl sites for hydroxylation is 1. The highest BCUT2D eigenvalue weighted by atomic mass is 32.2. The highest BCUT2D eigenvalue weighted by Crippen LogP contribution is 2.41. The fourth-order valence-electron chi connectivity index (χ4n) is 2.47. The highest BCUT2D eigenvalue weighted by Gasteiger charge is 2.16. The smallest absolute Gasteiger partial charge is 0.128 e. The molecule has 3 nitrogen and oxygen atoms in total. The van der Waals surface area contributed by atoms with Gasteiger partial charge in [0, 0.05) is 10.4 Å². The first kappa shape index (κ1) is 15.9. The summed E-state index contributed by atoms with van der Waals surface area (Å²) in [6.07, 6.45) is 7.00. The second-order valence-corrected chi connectivity index (χ2v) is 7.01. The molecular weight excluding hydrogens is 324 g/mol. The summed E-state index contributed by atoms with van der Waals surface area (Å²) in [4.78, 5) is 11.1. The molecule has 3 rings (SSSR count). The molecule has 0 radical (unpaired) electrons. The zero-order valence-corrected chi connectivity index (χ0v) is 14.6. The Morgan fingerprint density at radius 2 is 2.04 bits per heavy atom. The second kappa shape index (κ2) is 7.03. The van der Waals surface area contributed by atoms with E-state index in [1.807, 2.05) is 19.1 Å². The van der Waals surface area contributed by atoms with E-state index in [-0.39, 0.29) is 0 Å². The number of thioether (sulfide) groups is 1. The summed E-state index contributed by atoms with van der Waals surface area (Å²) in [6, 6.07) is 8.17. The lowest BCUT2D eigenvalue weighted by molar-refractivity contribution is 0.340. The molecule has 2 heterocycles. The van der Waals surface area contributed by atoms with E-state index in [0.29, 0.717) is 12.4 Å². The van der Waals surface area contributed by atoms with Gasteiger partial charge in [-0.1, -0.05) is 29.8 Å². The molecule has 0 N–H and O–H groups in total. The Labute approximate surface area is 144 Å². The Balaban J connectivity index is 2.12. The Kier molecular flexibility index (Phi) is 4.85. The van der Waals surface area contributed by atoms with Gasteiger partial charge in [-0.15, -0.1) is 17.8 Å². The zero-order chi connectivity index (χ0) is 16.2.